The zero-order chi connectivity index (χ0) is 10.8. The second-order valence-corrected chi connectivity index (χ2v) is 4.25. The predicted octanol–water partition coefficient (Wildman–Crippen LogP) is 1.34. The molecule has 1 aliphatic heterocycles. The van der Waals surface area contributed by atoms with Crippen LogP contribution in [0, 0.1) is 6.92 Å². The maximum atomic E-state index is 5.55. The van der Waals surface area contributed by atoms with Crippen LogP contribution in [0.15, 0.2) is 10.6 Å². The number of hydrogen-bond donors (Lipinski definition) is 1. The largest absolute Gasteiger partial charge is 0.444 e. The van der Waals surface area contributed by atoms with Gasteiger partial charge in [-0.25, -0.2) is 4.98 Å². The van der Waals surface area contributed by atoms with Gasteiger partial charge in [-0.3, -0.25) is 4.90 Å². The van der Waals surface area contributed by atoms with E-state index in [2.05, 4.69) is 22.1 Å². The third kappa shape index (κ3) is 2.21. The summed E-state index contributed by atoms with van der Waals surface area (Å²) < 4.78 is 5.55. The van der Waals surface area contributed by atoms with E-state index in [1.165, 1.54) is 6.42 Å². The topological polar surface area (TPSA) is 41.3 Å². The molecule has 1 aromatic rings. The van der Waals surface area contributed by atoms with Gasteiger partial charge in [-0.05, 0) is 27.3 Å². The van der Waals surface area contributed by atoms with Crippen molar-refractivity contribution < 1.29 is 4.42 Å². The minimum absolute atomic E-state index is 0.289. The first-order valence-corrected chi connectivity index (χ1v) is 5.54. The molecule has 1 aromatic heterocycles. The Bertz CT molecular complexity index is 323. The second-order valence-electron chi connectivity index (χ2n) is 4.25. The van der Waals surface area contributed by atoms with Crippen LogP contribution in [-0.2, 0) is 0 Å². The first-order chi connectivity index (χ1) is 7.20. The van der Waals surface area contributed by atoms with E-state index < -0.39 is 0 Å². The van der Waals surface area contributed by atoms with Gasteiger partial charge < -0.3 is 9.73 Å². The van der Waals surface area contributed by atoms with Crippen LogP contribution in [0.5, 0.6) is 0 Å². The van der Waals surface area contributed by atoms with Gasteiger partial charge in [-0.1, -0.05) is 0 Å². The standard InChI is InChI=1S/C11H19N3O/c1-8-6-13-11(15-8)9(2)14-5-4-10(7-14)12-3/h6,9-10,12H,4-5,7H2,1-3H3. The number of nitrogens with zero attached hydrogens (tertiary/aromatic N) is 2. The molecular formula is C11H19N3O. The van der Waals surface area contributed by atoms with Crippen LogP contribution in [0.3, 0.4) is 0 Å². The van der Waals surface area contributed by atoms with Crippen LogP contribution in [0.4, 0.5) is 0 Å². The van der Waals surface area contributed by atoms with Crippen molar-refractivity contribution in [3.8, 4) is 0 Å². The van der Waals surface area contributed by atoms with Crippen LogP contribution in [0.1, 0.15) is 31.0 Å². The number of rotatable bonds is 3. The summed E-state index contributed by atoms with van der Waals surface area (Å²) in [6, 6.07) is 0.903. The molecule has 1 aliphatic rings. The molecule has 0 radical (unpaired) electrons. The molecule has 0 amide bonds. The monoisotopic (exact) mass is 209 g/mol. The number of hydrogen-bond acceptors (Lipinski definition) is 4. The van der Waals surface area contributed by atoms with Gasteiger partial charge >= 0.3 is 0 Å². The fourth-order valence-corrected chi connectivity index (χ4v) is 2.10. The Hall–Kier alpha value is -0.870. The van der Waals surface area contributed by atoms with E-state index in [4.69, 9.17) is 4.42 Å². The Labute approximate surface area is 90.7 Å². The molecule has 84 valence electrons. The van der Waals surface area contributed by atoms with Crippen molar-refractivity contribution in [2.45, 2.75) is 32.4 Å². The summed E-state index contributed by atoms with van der Waals surface area (Å²) in [6.07, 6.45) is 3.00. The van der Waals surface area contributed by atoms with E-state index >= 15 is 0 Å². The number of aryl methyl sites for hydroxylation is 1. The highest BCUT2D eigenvalue weighted by atomic mass is 16.4. The molecule has 1 saturated heterocycles. The molecule has 1 N–H and O–H groups in total. The van der Waals surface area contributed by atoms with Crippen molar-refractivity contribution in [1.29, 1.82) is 0 Å². The average molecular weight is 209 g/mol. The van der Waals surface area contributed by atoms with Gasteiger partial charge in [0.1, 0.15) is 5.76 Å². The molecule has 0 saturated carbocycles. The summed E-state index contributed by atoms with van der Waals surface area (Å²) in [5, 5.41) is 3.31. The van der Waals surface area contributed by atoms with Crippen molar-refractivity contribution in [3.63, 3.8) is 0 Å². The highest BCUT2D eigenvalue weighted by molar-refractivity contribution is 4.97. The molecule has 4 heteroatoms. The summed E-state index contributed by atoms with van der Waals surface area (Å²) >= 11 is 0. The fourth-order valence-electron chi connectivity index (χ4n) is 2.10. The van der Waals surface area contributed by atoms with Crippen molar-refractivity contribution in [2.75, 3.05) is 20.1 Å². The van der Waals surface area contributed by atoms with Crippen molar-refractivity contribution in [2.24, 2.45) is 0 Å². The molecule has 0 spiro atoms. The Morgan fingerprint density at radius 2 is 2.47 bits per heavy atom. The Kier molecular flexibility index (Phi) is 3.07. The van der Waals surface area contributed by atoms with Crippen molar-refractivity contribution in [3.05, 3.63) is 17.8 Å². The van der Waals surface area contributed by atoms with Crippen molar-refractivity contribution >= 4 is 0 Å². The lowest BCUT2D eigenvalue weighted by Gasteiger charge is -2.21. The number of likely N-dealkylation sites (tertiary alicyclic amines) is 1. The maximum Gasteiger partial charge on any atom is 0.211 e. The van der Waals surface area contributed by atoms with E-state index in [0.29, 0.717) is 6.04 Å². The molecule has 0 aromatic carbocycles. The fraction of sp³-hybridized carbons (Fsp3) is 0.727. The lowest BCUT2D eigenvalue weighted by molar-refractivity contribution is 0.218. The molecule has 2 heterocycles. The zero-order valence-electron chi connectivity index (χ0n) is 9.66. The normalized spacial score (nSPS) is 24.6. The van der Waals surface area contributed by atoms with Gasteiger partial charge in [-0.2, -0.15) is 0 Å². The van der Waals surface area contributed by atoms with Gasteiger partial charge in [-0.15, -0.1) is 0 Å². The number of aromatic nitrogens is 1. The molecule has 2 rings (SSSR count). The molecule has 0 bridgehead atoms. The molecule has 2 unspecified atom stereocenters. The number of oxazole rings is 1. The first kappa shape index (κ1) is 10.6. The van der Waals surface area contributed by atoms with E-state index in [-0.39, 0.29) is 6.04 Å². The third-order valence-electron chi connectivity index (χ3n) is 3.17. The minimum Gasteiger partial charge on any atom is -0.444 e. The smallest absolute Gasteiger partial charge is 0.211 e. The van der Waals surface area contributed by atoms with E-state index in [9.17, 15) is 0 Å². The Morgan fingerprint density at radius 1 is 1.67 bits per heavy atom. The van der Waals surface area contributed by atoms with Crippen LogP contribution in [0.2, 0.25) is 0 Å². The van der Waals surface area contributed by atoms with Gasteiger partial charge in [0.15, 0.2) is 0 Å². The van der Waals surface area contributed by atoms with E-state index in [1.807, 2.05) is 14.0 Å². The molecular weight excluding hydrogens is 190 g/mol. The van der Waals surface area contributed by atoms with Crippen LogP contribution >= 0.6 is 0 Å². The molecule has 15 heavy (non-hydrogen) atoms. The Morgan fingerprint density at radius 3 is 3.00 bits per heavy atom. The average Bonchev–Trinajstić information content (AvgIpc) is 2.84. The minimum atomic E-state index is 0.289. The van der Waals surface area contributed by atoms with Gasteiger partial charge in [0.2, 0.25) is 5.89 Å². The third-order valence-corrected chi connectivity index (χ3v) is 3.17. The number of likely N-dealkylation sites (N-methyl/N-ethyl adjacent to an activating group) is 1. The molecule has 2 atom stereocenters. The predicted molar refractivity (Wildman–Crippen MR) is 58.7 cm³/mol. The maximum absolute atomic E-state index is 5.55. The van der Waals surface area contributed by atoms with Gasteiger partial charge in [0.25, 0.3) is 0 Å². The summed E-state index contributed by atoms with van der Waals surface area (Å²) in [5.41, 5.74) is 0. The second kappa shape index (κ2) is 4.33. The van der Waals surface area contributed by atoms with Gasteiger partial charge in [0.05, 0.1) is 12.2 Å². The summed E-state index contributed by atoms with van der Waals surface area (Å²) in [5.74, 6) is 1.73. The summed E-state index contributed by atoms with van der Waals surface area (Å²) in [4.78, 5) is 6.69. The lowest BCUT2D eigenvalue weighted by atomic mass is 10.3. The summed E-state index contributed by atoms with van der Waals surface area (Å²) in [7, 11) is 2.02. The number of nitrogens with one attached hydrogen (secondary N) is 1. The molecule has 1 fully saturated rings. The highest BCUT2D eigenvalue weighted by Gasteiger charge is 2.27. The lowest BCUT2D eigenvalue weighted by Crippen LogP contribution is -2.31. The highest BCUT2D eigenvalue weighted by Crippen LogP contribution is 2.24. The molecule has 4 nitrogen and oxygen atoms in total. The van der Waals surface area contributed by atoms with Crippen LogP contribution in [-0.4, -0.2) is 36.1 Å². The summed E-state index contributed by atoms with van der Waals surface area (Å²) in [6.45, 7) is 6.29. The van der Waals surface area contributed by atoms with Crippen LogP contribution in [0.25, 0.3) is 0 Å². The first-order valence-electron chi connectivity index (χ1n) is 5.54. The van der Waals surface area contributed by atoms with E-state index in [0.717, 1.165) is 24.7 Å². The van der Waals surface area contributed by atoms with E-state index in [1.54, 1.807) is 6.20 Å². The quantitative estimate of drug-likeness (QED) is 0.815. The SMILES string of the molecule is CNC1CCN(C(C)c2ncc(C)o2)C1. The molecule has 0 aliphatic carbocycles. The van der Waals surface area contributed by atoms with Crippen LogP contribution < -0.4 is 5.32 Å². The Balaban J connectivity index is 2.00. The van der Waals surface area contributed by atoms with Gasteiger partial charge in [0, 0.05) is 19.1 Å². The van der Waals surface area contributed by atoms with Crippen molar-refractivity contribution in [1.82, 2.24) is 15.2 Å². The zero-order valence-corrected chi connectivity index (χ0v) is 9.66.